The number of aromatic nitrogens is 1. The predicted octanol–water partition coefficient (Wildman–Crippen LogP) is 13.3. The van der Waals surface area contributed by atoms with Gasteiger partial charge < -0.3 is 9.32 Å². The summed E-state index contributed by atoms with van der Waals surface area (Å²) >= 11 is 1.85. The molecule has 0 spiro atoms. The molecule has 0 saturated carbocycles. The first-order valence-electron chi connectivity index (χ1n) is 16.5. The molecule has 0 fully saturated rings. The number of oxazole rings is 1. The molecule has 10 aromatic rings. The van der Waals surface area contributed by atoms with Crippen LogP contribution in [0.5, 0.6) is 0 Å². The summed E-state index contributed by atoms with van der Waals surface area (Å²) in [6.07, 6.45) is 0. The van der Waals surface area contributed by atoms with Crippen molar-refractivity contribution in [3.05, 3.63) is 170 Å². The maximum Gasteiger partial charge on any atom is 0.227 e. The van der Waals surface area contributed by atoms with E-state index in [-0.39, 0.29) is 0 Å². The van der Waals surface area contributed by atoms with Crippen molar-refractivity contribution in [1.29, 1.82) is 0 Å². The smallest absolute Gasteiger partial charge is 0.227 e. The molecule has 4 heteroatoms. The Morgan fingerprint density at radius 3 is 2.10 bits per heavy atom. The van der Waals surface area contributed by atoms with Crippen LogP contribution in [-0.2, 0) is 0 Å². The minimum absolute atomic E-state index is 0.631. The van der Waals surface area contributed by atoms with Crippen LogP contribution in [0.25, 0.3) is 75.4 Å². The second-order valence-electron chi connectivity index (χ2n) is 12.4. The van der Waals surface area contributed by atoms with E-state index in [9.17, 15) is 0 Å². The quantitative estimate of drug-likeness (QED) is 0.175. The summed E-state index contributed by atoms with van der Waals surface area (Å²) in [4.78, 5) is 7.27. The molecular weight excluding hydrogens is 617 g/mol. The minimum Gasteiger partial charge on any atom is -0.435 e. The summed E-state index contributed by atoms with van der Waals surface area (Å²) in [5, 5.41) is 7.09. The fraction of sp³-hybridized carbons (Fsp3) is 0. The highest BCUT2D eigenvalue weighted by Crippen LogP contribution is 2.44. The molecule has 0 amide bonds. The average molecular weight is 645 g/mol. The van der Waals surface area contributed by atoms with E-state index in [0.29, 0.717) is 5.89 Å². The zero-order valence-electron chi connectivity index (χ0n) is 26.4. The van der Waals surface area contributed by atoms with Crippen LogP contribution in [0.15, 0.2) is 174 Å². The molecule has 0 aliphatic carbocycles. The van der Waals surface area contributed by atoms with Crippen LogP contribution in [0.1, 0.15) is 0 Å². The molecule has 0 saturated heterocycles. The molecule has 0 bridgehead atoms. The highest BCUT2D eigenvalue weighted by molar-refractivity contribution is 7.25. The molecule has 2 aromatic heterocycles. The summed E-state index contributed by atoms with van der Waals surface area (Å²) in [6.45, 7) is 0. The van der Waals surface area contributed by atoms with Gasteiger partial charge in [0.05, 0.1) is 5.69 Å². The van der Waals surface area contributed by atoms with Crippen LogP contribution >= 0.6 is 11.3 Å². The summed E-state index contributed by atoms with van der Waals surface area (Å²) in [5.74, 6) is 0.631. The Morgan fingerprint density at radius 2 is 1.20 bits per heavy atom. The first kappa shape index (κ1) is 27.8. The van der Waals surface area contributed by atoms with Gasteiger partial charge in [0.1, 0.15) is 5.52 Å². The van der Waals surface area contributed by atoms with Crippen LogP contribution in [-0.4, -0.2) is 4.98 Å². The Labute approximate surface area is 286 Å². The number of hydrogen-bond donors (Lipinski definition) is 0. The summed E-state index contributed by atoms with van der Waals surface area (Å²) in [5.41, 5.74) is 8.27. The van der Waals surface area contributed by atoms with Gasteiger partial charge in [-0.25, -0.2) is 4.98 Å². The van der Waals surface area contributed by atoms with Crippen LogP contribution in [0.4, 0.5) is 17.1 Å². The molecule has 0 atom stereocenters. The Balaban J connectivity index is 1.19. The number of thiophene rings is 1. The van der Waals surface area contributed by atoms with Crippen LogP contribution in [0, 0.1) is 0 Å². The molecule has 0 unspecified atom stereocenters. The van der Waals surface area contributed by atoms with Gasteiger partial charge in [-0.2, -0.15) is 0 Å². The number of para-hydroxylation sites is 2. The molecule has 3 nitrogen and oxygen atoms in total. The van der Waals surface area contributed by atoms with E-state index in [1.54, 1.807) is 0 Å². The largest absolute Gasteiger partial charge is 0.435 e. The second-order valence-corrected chi connectivity index (χ2v) is 13.4. The zero-order chi connectivity index (χ0) is 32.3. The molecule has 8 aromatic carbocycles. The lowest BCUT2D eigenvalue weighted by Crippen LogP contribution is -2.11. The van der Waals surface area contributed by atoms with Gasteiger partial charge in [-0.1, -0.05) is 109 Å². The number of anilines is 3. The molecule has 49 heavy (non-hydrogen) atoms. The molecule has 2 heterocycles. The first-order chi connectivity index (χ1) is 24.3. The lowest BCUT2D eigenvalue weighted by atomic mass is 9.98. The van der Waals surface area contributed by atoms with Crippen molar-refractivity contribution >= 4 is 81.2 Å². The van der Waals surface area contributed by atoms with Crippen LogP contribution in [0.2, 0.25) is 0 Å². The van der Waals surface area contributed by atoms with Crippen molar-refractivity contribution in [3.63, 3.8) is 0 Å². The zero-order valence-corrected chi connectivity index (χ0v) is 27.2. The number of benzene rings is 8. The summed E-state index contributed by atoms with van der Waals surface area (Å²) in [7, 11) is 0. The SMILES string of the molecule is c1ccc(-c2nc3ccc4ccc5ccc(N(c6ccccc6)c6ccccc6-c6ccc7c(c6)sc6ccccc67)cc5c4c3o2)cc1. The number of rotatable bonds is 5. The van der Waals surface area contributed by atoms with E-state index in [2.05, 4.69) is 144 Å². The van der Waals surface area contributed by atoms with E-state index in [4.69, 9.17) is 9.40 Å². The molecule has 0 N–H and O–H groups in total. The normalized spacial score (nSPS) is 11.7. The third-order valence-electron chi connectivity index (χ3n) is 9.47. The Hall–Kier alpha value is -6.23. The van der Waals surface area contributed by atoms with E-state index in [1.807, 2.05) is 41.7 Å². The molecule has 230 valence electrons. The van der Waals surface area contributed by atoms with Gasteiger partial charge in [0.15, 0.2) is 5.58 Å². The van der Waals surface area contributed by atoms with Crippen molar-refractivity contribution in [2.75, 3.05) is 4.90 Å². The first-order valence-corrected chi connectivity index (χ1v) is 17.3. The third-order valence-corrected chi connectivity index (χ3v) is 10.6. The van der Waals surface area contributed by atoms with Crippen molar-refractivity contribution in [3.8, 4) is 22.6 Å². The number of nitrogens with zero attached hydrogens (tertiary/aromatic N) is 2. The highest BCUT2D eigenvalue weighted by atomic mass is 32.1. The number of fused-ring (bicyclic) bond motifs is 8. The fourth-order valence-electron chi connectivity index (χ4n) is 7.16. The van der Waals surface area contributed by atoms with Gasteiger partial charge >= 0.3 is 0 Å². The Bertz CT molecular complexity index is 2840. The molecule has 0 aliphatic heterocycles. The fourth-order valence-corrected chi connectivity index (χ4v) is 8.31. The van der Waals surface area contributed by atoms with Crippen molar-refractivity contribution < 1.29 is 4.42 Å². The lowest BCUT2D eigenvalue weighted by Gasteiger charge is -2.28. The Morgan fingerprint density at radius 1 is 0.490 bits per heavy atom. The molecule has 10 rings (SSSR count). The van der Waals surface area contributed by atoms with E-state index < -0.39 is 0 Å². The Kier molecular flexibility index (Phi) is 6.36. The topological polar surface area (TPSA) is 29.3 Å². The molecular formula is C45H28N2OS. The maximum absolute atomic E-state index is 6.56. The van der Waals surface area contributed by atoms with Gasteiger partial charge in [-0.3, -0.25) is 0 Å². The predicted molar refractivity (Wildman–Crippen MR) is 207 cm³/mol. The maximum atomic E-state index is 6.56. The van der Waals surface area contributed by atoms with E-state index in [1.165, 1.54) is 31.3 Å². The van der Waals surface area contributed by atoms with Gasteiger partial charge in [-0.15, -0.1) is 11.3 Å². The van der Waals surface area contributed by atoms with Crippen LogP contribution < -0.4 is 4.90 Å². The van der Waals surface area contributed by atoms with E-state index in [0.717, 1.165) is 55.3 Å². The van der Waals surface area contributed by atoms with Gasteiger partial charge in [0.25, 0.3) is 0 Å². The molecule has 0 radical (unpaired) electrons. The highest BCUT2D eigenvalue weighted by Gasteiger charge is 2.20. The van der Waals surface area contributed by atoms with Gasteiger partial charge in [-0.05, 0) is 82.4 Å². The van der Waals surface area contributed by atoms with Gasteiger partial charge in [0, 0.05) is 48.1 Å². The van der Waals surface area contributed by atoms with Crippen molar-refractivity contribution in [2.45, 2.75) is 0 Å². The van der Waals surface area contributed by atoms with Gasteiger partial charge in [0.2, 0.25) is 5.89 Å². The second kappa shape index (κ2) is 11.2. The number of hydrogen-bond acceptors (Lipinski definition) is 4. The summed E-state index contributed by atoms with van der Waals surface area (Å²) in [6, 6.07) is 60.4. The van der Waals surface area contributed by atoms with Crippen LogP contribution in [0.3, 0.4) is 0 Å². The summed E-state index contributed by atoms with van der Waals surface area (Å²) < 4.78 is 9.16. The van der Waals surface area contributed by atoms with E-state index >= 15 is 0 Å². The van der Waals surface area contributed by atoms with Crippen molar-refractivity contribution in [1.82, 2.24) is 4.98 Å². The molecule has 0 aliphatic rings. The average Bonchev–Trinajstić information content (AvgIpc) is 3.77. The minimum atomic E-state index is 0.631. The van der Waals surface area contributed by atoms with Crippen molar-refractivity contribution in [2.24, 2.45) is 0 Å². The lowest BCUT2D eigenvalue weighted by molar-refractivity contribution is 0.623. The monoisotopic (exact) mass is 644 g/mol. The third kappa shape index (κ3) is 4.61. The standard InChI is InChI=1S/C45H28N2OS/c1-3-11-31(12-4-1)45-46-39-26-23-30-20-19-29-21-24-34(28-38(29)43(30)44(39)48-45)47(33-13-5-2-6-14-33)40-17-9-7-15-35(40)32-22-25-37-36-16-8-10-18-41(36)49-42(37)27-32/h1-28H.